The first kappa shape index (κ1) is 21.5. The van der Waals surface area contributed by atoms with Crippen LogP contribution in [0.2, 0.25) is 0 Å². The van der Waals surface area contributed by atoms with Gasteiger partial charge in [0.2, 0.25) is 0 Å². The quantitative estimate of drug-likeness (QED) is 0.677. The van der Waals surface area contributed by atoms with Gasteiger partial charge in [0, 0.05) is 19.6 Å². The Hall–Kier alpha value is -2.16. The minimum absolute atomic E-state index is 0.0940. The molecule has 156 valence electrons. The number of amides is 1. The number of carbonyl (C=O) groups is 1. The van der Waals surface area contributed by atoms with Crippen LogP contribution in [0.4, 0.5) is 4.39 Å². The highest BCUT2D eigenvalue weighted by Crippen LogP contribution is 2.33. The lowest BCUT2D eigenvalue weighted by Gasteiger charge is -2.35. The van der Waals surface area contributed by atoms with Crippen molar-refractivity contribution in [1.29, 1.82) is 0 Å². The molecular formula is C21H24BrFN2O4. The van der Waals surface area contributed by atoms with Gasteiger partial charge >= 0.3 is 0 Å². The van der Waals surface area contributed by atoms with Gasteiger partial charge in [0.05, 0.1) is 43.5 Å². The van der Waals surface area contributed by atoms with Crippen molar-refractivity contribution in [2.45, 2.75) is 6.04 Å². The Morgan fingerprint density at radius 3 is 2.52 bits per heavy atom. The number of morpholine rings is 1. The Labute approximate surface area is 178 Å². The summed E-state index contributed by atoms with van der Waals surface area (Å²) in [5.41, 5.74) is 1.31. The van der Waals surface area contributed by atoms with Crippen LogP contribution in [-0.4, -0.2) is 57.9 Å². The molecule has 2 aromatic rings. The zero-order chi connectivity index (χ0) is 20.8. The summed E-state index contributed by atoms with van der Waals surface area (Å²) < 4.78 is 30.1. The second-order valence-electron chi connectivity index (χ2n) is 6.62. The van der Waals surface area contributed by atoms with Crippen molar-refractivity contribution in [2.24, 2.45) is 0 Å². The Morgan fingerprint density at radius 2 is 1.90 bits per heavy atom. The monoisotopic (exact) mass is 466 g/mol. The van der Waals surface area contributed by atoms with Crippen LogP contribution in [-0.2, 0) is 4.74 Å². The van der Waals surface area contributed by atoms with Crippen LogP contribution in [0.3, 0.4) is 0 Å². The molecule has 0 spiro atoms. The van der Waals surface area contributed by atoms with E-state index in [-0.39, 0.29) is 17.8 Å². The molecule has 2 aromatic carbocycles. The Morgan fingerprint density at radius 1 is 1.21 bits per heavy atom. The molecule has 1 unspecified atom stereocenters. The van der Waals surface area contributed by atoms with Gasteiger partial charge in [-0.05, 0) is 45.8 Å². The predicted molar refractivity (Wildman–Crippen MR) is 111 cm³/mol. The summed E-state index contributed by atoms with van der Waals surface area (Å²) in [7, 11) is 3.05. The molecular weight excluding hydrogens is 443 g/mol. The fourth-order valence-corrected chi connectivity index (χ4v) is 3.98. The first-order valence-corrected chi connectivity index (χ1v) is 10.1. The maximum Gasteiger partial charge on any atom is 0.255 e. The zero-order valence-electron chi connectivity index (χ0n) is 16.4. The molecule has 1 amide bonds. The molecule has 1 atom stereocenters. The second kappa shape index (κ2) is 10.0. The van der Waals surface area contributed by atoms with Gasteiger partial charge in [-0.3, -0.25) is 9.69 Å². The highest BCUT2D eigenvalue weighted by molar-refractivity contribution is 9.10. The lowest BCUT2D eigenvalue weighted by molar-refractivity contribution is 0.0162. The van der Waals surface area contributed by atoms with Gasteiger partial charge in [-0.1, -0.05) is 12.1 Å². The number of rotatable bonds is 7. The molecule has 1 saturated heterocycles. The first-order chi connectivity index (χ1) is 14.0. The molecule has 1 heterocycles. The van der Waals surface area contributed by atoms with Gasteiger partial charge in [0.15, 0.2) is 0 Å². The van der Waals surface area contributed by atoms with E-state index in [4.69, 9.17) is 14.2 Å². The van der Waals surface area contributed by atoms with Crippen LogP contribution in [0.25, 0.3) is 0 Å². The molecule has 8 heteroatoms. The van der Waals surface area contributed by atoms with Gasteiger partial charge in [0.25, 0.3) is 5.91 Å². The third-order valence-electron chi connectivity index (χ3n) is 4.90. The number of nitrogens with one attached hydrogen (secondary N) is 1. The molecule has 1 fully saturated rings. The topological polar surface area (TPSA) is 60.0 Å². The summed E-state index contributed by atoms with van der Waals surface area (Å²) >= 11 is 3.41. The van der Waals surface area contributed by atoms with Crippen LogP contribution >= 0.6 is 15.9 Å². The SMILES string of the molecule is COc1cc(Br)c(OC)c(C(=O)NCC(c2ccc(F)cc2)N2CCOCC2)c1. The van der Waals surface area contributed by atoms with Gasteiger partial charge in [-0.15, -0.1) is 0 Å². The number of hydrogen-bond donors (Lipinski definition) is 1. The molecule has 0 saturated carbocycles. The van der Waals surface area contributed by atoms with E-state index < -0.39 is 0 Å². The van der Waals surface area contributed by atoms with Crippen molar-refractivity contribution in [3.8, 4) is 11.5 Å². The predicted octanol–water partition coefficient (Wildman–Crippen LogP) is 3.41. The molecule has 0 radical (unpaired) electrons. The van der Waals surface area contributed by atoms with E-state index in [0.29, 0.717) is 41.3 Å². The second-order valence-corrected chi connectivity index (χ2v) is 7.47. The highest BCUT2D eigenvalue weighted by Gasteiger charge is 2.25. The van der Waals surface area contributed by atoms with Crippen molar-refractivity contribution in [2.75, 3.05) is 47.1 Å². The molecule has 0 bridgehead atoms. The molecule has 6 nitrogen and oxygen atoms in total. The molecule has 1 N–H and O–H groups in total. The van der Waals surface area contributed by atoms with E-state index in [1.165, 1.54) is 19.2 Å². The molecule has 1 aliphatic rings. The third kappa shape index (κ3) is 5.26. The average molecular weight is 467 g/mol. The van der Waals surface area contributed by atoms with E-state index in [1.54, 1.807) is 31.4 Å². The highest BCUT2D eigenvalue weighted by atomic mass is 79.9. The van der Waals surface area contributed by atoms with Gasteiger partial charge in [-0.25, -0.2) is 4.39 Å². The normalized spacial score (nSPS) is 15.6. The number of halogens is 2. The van der Waals surface area contributed by atoms with Crippen molar-refractivity contribution in [3.63, 3.8) is 0 Å². The zero-order valence-corrected chi connectivity index (χ0v) is 18.0. The summed E-state index contributed by atoms with van der Waals surface area (Å²) in [6.45, 7) is 3.10. The summed E-state index contributed by atoms with van der Waals surface area (Å²) in [5.74, 6) is 0.422. The summed E-state index contributed by atoms with van der Waals surface area (Å²) in [6, 6.07) is 9.67. The molecule has 29 heavy (non-hydrogen) atoms. The number of benzene rings is 2. The number of hydrogen-bond acceptors (Lipinski definition) is 5. The summed E-state index contributed by atoms with van der Waals surface area (Å²) in [6.07, 6.45) is 0. The van der Waals surface area contributed by atoms with E-state index in [1.807, 2.05) is 0 Å². The molecule has 3 rings (SSSR count). The smallest absolute Gasteiger partial charge is 0.255 e. The maximum absolute atomic E-state index is 13.4. The van der Waals surface area contributed by atoms with Crippen molar-refractivity contribution in [3.05, 3.63) is 57.8 Å². The Kier molecular flexibility index (Phi) is 7.46. The van der Waals surface area contributed by atoms with Crippen LogP contribution in [0, 0.1) is 5.82 Å². The molecule has 0 aliphatic carbocycles. The van der Waals surface area contributed by atoms with Crippen LogP contribution in [0.15, 0.2) is 40.9 Å². The number of ether oxygens (including phenoxy) is 3. The first-order valence-electron chi connectivity index (χ1n) is 9.30. The summed E-state index contributed by atoms with van der Waals surface area (Å²) in [4.78, 5) is 15.2. The van der Waals surface area contributed by atoms with E-state index in [2.05, 4.69) is 26.1 Å². The lowest BCUT2D eigenvalue weighted by Crippen LogP contribution is -2.43. The van der Waals surface area contributed by atoms with Crippen molar-refractivity contribution >= 4 is 21.8 Å². The van der Waals surface area contributed by atoms with Crippen LogP contribution in [0.5, 0.6) is 11.5 Å². The fourth-order valence-electron chi connectivity index (χ4n) is 3.38. The van der Waals surface area contributed by atoms with E-state index in [0.717, 1.165) is 18.7 Å². The van der Waals surface area contributed by atoms with E-state index in [9.17, 15) is 9.18 Å². The largest absolute Gasteiger partial charge is 0.497 e. The van der Waals surface area contributed by atoms with Crippen molar-refractivity contribution < 1.29 is 23.4 Å². The van der Waals surface area contributed by atoms with Gasteiger partial charge in [-0.2, -0.15) is 0 Å². The average Bonchev–Trinajstić information content (AvgIpc) is 2.75. The van der Waals surface area contributed by atoms with Gasteiger partial charge in [0.1, 0.15) is 17.3 Å². The van der Waals surface area contributed by atoms with Crippen LogP contribution in [0.1, 0.15) is 22.0 Å². The third-order valence-corrected chi connectivity index (χ3v) is 5.49. The van der Waals surface area contributed by atoms with Crippen LogP contribution < -0.4 is 14.8 Å². The number of carbonyl (C=O) groups excluding carboxylic acids is 1. The lowest BCUT2D eigenvalue weighted by atomic mass is 10.0. The minimum atomic E-state index is -0.288. The Bertz CT molecular complexity index is 841. The fraction of sp³-hybridized carbons (Fsp3) is 0.381. The van der Waals surface area contributed by atoms with Gasteiger partial charge < -0.3 is 19.5 Å². The number of nitrogens with zero attached hydrogens (tertiary/aromatic N) is 1. The molecule has 0 aromatic heterocycles. The maximum atomic E-state index is 13.4. The minimum Gasteiger partial charge on any atom is -0.497 e. The Balaban J connectivity index is 1.81. The van der Waals surface area contributed by atoms with Crippen molar-refractivity contribution in [1.82, 2.24) is 10.2 Å². The van der Waals surface area contributed by atoms with E-state index >= 15 is 0 Å². The standard InChI is InChI=1S/C21H24BrFN2O4/c1-27-16-11-17(20(28-2)18(22)12-16)21(26)24-13-19(25-7-9-29-10-8-25)14-3-5-15(23)6-4-14/h3-6,11-12,19H,7-10,13H2,1-2H3,(H,24,26). The molecule has 1 aliphatic heterocycles. The number of methoxy groups -OCH3 is 2. The summed E-state index contributed by atoms with van der Waals surface area (Å²) in [5, 5.41) is 2.99.